The fourth-order valence-electron chi connectivity index (χ4n) is 4.97. The molecule has 2 aliphatic rings. The molecule has 0 radical (unpaired) electrons. The first-order valence-corrected chi connectivity index (χ1v) is 15.0. The SMILES string of the molecule is C=Cc1ccc2c(c1)-c1cc(C=C)c[c]([Zr+2]([C]3=CC(C(C)(C)C)=CC3C)=[C](C)C)c1C2.[Cl-].[Cl-]. The first-order valence-electron chi connectivity index (χ1n) is 11.3. The van der Waals surface area contributed by atoms with Crippen LogP contribution in [0.1, 0.15) is 63.8 Å². The van der Waals surface area contributed by atoms with Gasteiger partial charge in [-0.1, -0.05) is 0 Å². The fraction of sp³-hybridized carbons (Fsp3) is 0.300. The molecule has 0 saturated carbocycles. The third kappa shape index (κ3) is 5.22. The summed E-state index contributed by atoms with van der Waals surface area (Å²) in [5, 5.41) is 0. The molecule has 0 amide bonds. The van der Waals surface area contributed by atoms with Crippen molar-refractivity contribution in [2.24, 2.45) is 11.3 Å². The van der Waals surface area contributed by atoms with Gasteiger partial charge < -0.3 is 24.8 Å². The van der Waals surface area contributed by atoms with Gasteiger partial charge >= 0.3 is 197 Å². The van der Waals surface area contributed by atoms with Gasteiger partial charge in [0.25, 0.3) is 0 Å². The molecule has 2 aliphatic carbocycles. The number of benzene rings is 2. The van der Waals surface area contributed by atoms with Gasteiger partial charge in [0.1, 0.15) is 0 Å². The van der Waals surface area contributed by atoms with Crippen molar-refractivity contribution in [3.63, 3.8) is 0 Å². The Morgan fingerprint density at radius 1 is 0.970 bits per heavy atom. The minimum Gasteiger partial charge on any atom is -1.00 e. The minimum absolute atomic E-state index is 0. The van der Waals surface area contributed by atoms with Crippen LogP contribution < -0.4 is 28.1 Å². The second-order valence-electron chi connectivity index (χ2n) is 10.2. The third-order valence-corrected chi connectivity index (χ3v) is 14.5. The van der Waals surface area contributed by atoms with E-state index in [1.54, 1.807) is 15.3 Å². The average Bonchev–Trinajstić information content (AvgIpc) is 3.28. The first kappa shape index (κ1) is 28.0. The maximum Gasteiger partial charge on any atom is -1.00 e. The van der Waals surface area contributed by atoms with Gasteiger partial charge in [-0.05, 0) is 0 Å². The molecule has 1 unspecified atom stereocenters. The molecule has 1 atom stereocenters. The van der Waals surface area contributed by atoms with Crippen LogP contribution in [-0.2, 0) is 27.7 Å². The van der Waals surface area contributed by atoms with Crippen LogP contribution in [0.5, 0.6) is 0 Å². The summed E-state index contributed by atoms with van der Waals surface area (Å²) in [5.41, 5.74) is 9.96. The van der Waals surface area contributed by atoms with Gasteiger partial charge in [-0.2, -0.15) is 0 Å². The van der Waals surface area contributed by atoms with E-state index in [0.717, 1.165) is 6.42 Å². The molecular formula is C30H34Cl2Zr. The van der Waals surface area contributed by atoms with Crippen molar-refractivity contribution < 1.29 is 46.1 Å². The van der Waals surface area contributed by atoms with E-state index < -0.39 is 21.3 Å². The first-order chi connectivity index (χ1) is 14.6. The van der Waals surface area contributed by atoms with E-state index in [9.17, 15) is 0 Å². The number of hydrogen-bond donors (Lipinski definition) is 0. The molecule has 0 heterocycles. The largest absolute Gasteiger partial charge is 1.00 e. The van der Waals surface area contributed by atoms with Crippen LogP contribution in [-0.4, -0.2) is 3.21 Å². The Labute approximate surface area is 220 Å². The van der Waals surface area contributed by atoms with E-state index in [2.05, 4.69) is 97.2 Å². The van der Waals surface area contributed by atoms with Crippen molar-refractivity contribution >= 4 is 18.6 Å². The van der Waals surface area contributed by atoms with E-state index in [1.807, 2.05) is 12.2 Å². The van der Waals surface area contributed by atoms with Gasteiger partial charge in [0.05, 0.1) is 0 Å². The number of fused-ring (bicyclic) bond motifs is 3. The Morgan fingerprint density at radius 3 is 2.15 bits per heavy atom. The van der Waals surface area contributed by atoms with E-state index >= 15 is 0 Å². The Morgan fingerprint density at radius 2 is 1.61 bits per heavy atom. The molecule has 172 valence electrons. The maximum atomic E-state index is 4.12. The fourth-order valence-corrected chi connectivity index (χ4v) is 12.6. The van der Waals surface area contributed by atoms with Gasteiger partial charge in [-0.3, -0.25) is 0 Å². The number of hydrogen-bond acceptors (Lipinski definition) is 0. The molecule has 0 fully saturated rings. The van der Waals surface area contributed by atoms with Crippen LogP contribution in [0.4, 0.5) is 0 Å². The van der Waals surface area contributed by atoms with Crippen molar-refractivity contribution in [1.29, 1.82) is 0 Å². The molecule has 3 heteroatoms. The van der Waals surface area contributed by atoms with E-state index in [-0.39, 0.29) is 30.2 Å². The maximum absolute atomic E-state index is 4.12. The molecule has 0 bridgehead atoms. The van der Waals surface area contributed by atoms with Gasteiger partial charge in [0, 0.05) is 0 Å². The monoisotopic (exact) mass is 554 g/mol. The second-order valence-corrected chi connectivity index (χ2v) is 17.3. The molecule has 0 aliphatic heterocycles. The van der Waals surface area contributed by atoms with E-state index in [4.69, 9.17) is 0 Å². The molecule has 0 N–H and O–H groups in total. The summed E-state index contributed by atoms with van der Waals surface area (Å²) in [6.45, 7) is 22.3. The van der Waals surface area contributed by atoms with E-state index in [1.165, 1.54) is 33.4 Å². The predicted molar refractivity (Wildman–Crippen MR) is 136 cm³/mol. The van der Waals surface area contributed by atoms with Crippen LogP contribution in [0.25, 0.3) is 23.3 Å². The predicted octanol–water partition coefficient (Wildman–Crippen LogP) is 1.51. The molecule has 33 heavy (non-hydrogen) atoms. The summed E-state index contributed by atoms with van der Waals surface area (Å²) in [4.78, 5) is 0. The Hall–Kier alpha value is -1.27. The summed E-state index contributed by atoms with van der Waals surface area (Å²) in [7, 11) is 0. The van der Waals surface area contributed by atoms with Gasteiger partial charge in [0.2, 0.25) is 0 Å². The van der Waals surface area contributed by atoms with Crippen LogP contribution in [0.3, 0.4) is 0 Å². The van der Waals surface area contributed by atoms with Gasteiger partial charge in [0.15, 0.2) is 0 Å². The Kier molecular flexibility index (Phi) is 8.95. The molecule has 0 nitrogen and oxygen atoms in total. The zero-order valence-electron chi connectivity index (χ0n) is 20.7. The standard InChI is InChI=1S/C17H13.C10H15.C3H6.2ClH.Zr/c1-3-12-5-7-14-11-15-8-6-13(4-2)10-17(15)16(14)9-12;1-8-5-6-9(7-8)10(2,3)4;1-3-2;;;/h3-7,9-10H,1-2,11H2;6-8H,1-4H3;1-2H3;2*1H;/q;;;;;+2/p-2. The summed E-state index contributed by atoms with van der Waals surface area (Å²) in [5.74, 6) is 0.540. The number of halogens is 2. The van der Waals surface area contributed by atoms with Gasteiger partial charge in [-0.15, -0.1) is 0 Å². The summed E-state index contributed by atoms with van der Waals surface area (Å²) < 4.78 is 5.02. The molecule has 2 aromatic carbocycles. The molecule has 4 rings (SSSR count). The van der Waals surface area contributed by atoms with Crippen molar-refractivity contribution in [1.82, 2.24) is 0 Å². The second kappa shape index (κ2) is 10.6. The van der Waals surface area contributed by atoms with E-state index in [0.29, 0.717) is 5.92 Å². The number of rotatable bonds is 4. The third-order valence-electron chi connectivity index (χ3n) is 6.69. The summed E-state index contributed by atoms with van der Waals surface area (Å²) in [6.07, 6.45) is 10.1. The van der Waals surface area contributed by atoms with Crippen molar-refractivity contribution in [3.8, 4) is 11.1 Å². The smallest absolute Gasteiger partial charge is 1.00 e. The zero-order valence-corrected chi connectivity index (χ0v) is 24.6. The summed E-state index contributed by atoms with van der Waals surface area (Å²) >= 11 is -2.21. The van der Waals surface area contributed by atoms with Crippen molar-refractivity contribution in [3.05, 3.63) is 86.7 Å². The molecular weight excluding hydrogens is 522 g/mol. The van der Waals surface area contributed by atoms with Gasteiger partial charge in [-0.25, -0.2) is 0 Å². The topological polar surface area (TPSA) is 0 Å². The van der Waals surface area contributed by atoms with Crippen LogP contribution in [0.2, 0.25) is 0 Å². The molecule has 0 aromatic heterocycles. The molecule has 0 saturated heterocycles. The molecule has 0 spiro atoms. The summed E-state index contributed by atoms with van der Waals surface area (Å²) in [6, 6.07) is 11.6. The Bertz CT molecular complexity index is 1200. The minimum atomic E-state index is -2.21. The normalized spacial score (nSPS) is 15.6. The Balaban J connectivity index is 0.00000193. The zero-order chi connectivity index (χ0) is 22.5. The van der Waals surface area contributed by atoms with Crippen LogP contribution in [0, 0.1) is 11.3 Å². The van der Waals surface area contributed by atoms with Crippen molar-refractivity contribution in [2.45, 2.75) is 48.0 Å². The van der Waals surface area contributed by atoms with Crippen molar-refractivity contribution in [2.75, 3.05) is 0 Å². The van der Waals surface area contributed by atoms with Crippen LogP contribution in [0.15, 0.2) is 64.5 Å². The molecule has 2 aromatic rings. The van der Waals surface area contributed by atoms with Crippen LogP contribution >= 0.6 is 0 Å². The quantitative estimate of drug-likeness (QED) is 0.457. The number of allylic oxidation sites excluding steroid dienone is 4. The average molecular weight is 557 g/mol.